The molecule has 3 aromatic heterocycles. The minimum absolute atomic E-state index is 0.165. The van der Waals surface area contributed by atoms with Gasteiger partial charge < -0.3 is 15.6 Å². The minimum atomic E-state index is -1.15. The van der Waals surface area contributed by atoms with Crippen molar-refractivity contribution in [2.75, 3.05) is 5.73 Å². The van der Waals surface area contributed by atoms with Gasteiger partial charge in [0.25, 0.3) is 0 Å². The molecule has 0 saturated heterocycles. The summed E-state index contributed by atoms with van der Waals surface area (Å²) >= 11 is 6.54. The normalized spacial score (nSPS) is 17.3. The minimum Gasteiger partial charge on any atom is -0.482 e. The number of nitrogens with two attached hydrogens (primary N) is 1. The zero-order valence-corrected chi connectivity index (χ0v) is 19.0. The Balaban J connectivity index is 1.88. The monoisotopic (exact) mass is 468 g/mol. The van der Waals surface area contributed by atoms with Crippen molar-refractivity contribution in [1.82, 2.24) is 24.5 Å². The molecule has 0 spiro atoms. The molecule has 2 bridgehead atoms. The molecular formula is C23H22ClFN6O2. The van der Waals surface area contributed by atoms with Crippen LogP contribution in [0.1, 0.15) is 42.7 Å². The van der Waals surface area contributed by atoms with E-state index in [4.69, 9.17) is 22.1 Å². The maximum atomic E-state index is 14.3. The van der Waals surface area contributed by atoms with Crippen LogP contribution < -0.4 is 10.5 Å². The molecule has 1 aliphatic heterocycles. The molecule has 33 heavy (non-hydrogen) atoms. The second kappa shape index (κ2) is 7.86. The second-order valence-electron chi connectivity index (χ2n) is 7.98. The fraction of sp³-hybridized carbons (Fsp3) is 0.261. The largest absolute Gasteiger partial charge is 0.482 e. The number of pyridine rings is 1. The van der Waals surface area contributed by atoms with E-state index in [1.54, 1.807) is 47.9 Å². The smallest absolute Gasteiger partial charge is 0.166 e. The molecular weight excluding hydrogens is 447 g/mol. The van der Waals surface area contributed by atoms with Crippen molar-refractivity contribution in [3.05, 3.63) is 64.3 Å². The van der Waals surface area contributed by atoms with E-state index < -0.39 is 18.0 Å². The van der Waals surface area contributed by atoms with E-state index in [0.29, 0.717) is 51.5 Å². The summed E-state index contributed by atoms with van der Waals surface area (Å²) in [5, 5.41) is 20.8. The molecule has 8 nitrogen and oxygen atoms in total. The summed E-state index contributed by atoms with van der Waals surface area (Å²) in [6, 6.07) is 6.12. The van der Waals surface area contributed by atoms with Crippen LogP contribution in [0.4, 0.5) is 10.2 Å². The molecule has 4 heterocycles. The number of fused-ring (bicyclic) bond motifs is 7. The number of benzene rings is 1. The number of ether oxygens (including phenoxy) is 1. The Morgan fingerprint density at radius 2 is 2.03 bits per heavy atom. The number of halogens is 2. The summed E-state index contributed by atoms with van der Waals surface area (Å²) in [4.78, 5) is 4.29. The molecule has 0 saturated carbocycles. The van der Waals surface area contributed by atoms with Crippen molar-refractivity contribution in [2.45, 2.75) is 32.6 Å². The Morgan fingerprint density at radius 1 is 1.24 bits per heavy atom. The lowest BCUT2D eigenvalue weighted by atomic mass is 9.93. The predicted octanol–water partition coefficient (Wildman–Crippen LogP) is 4.28. The lowest BCUT2D eigenvalue weighted by Crippen LogP contribution is -2.11. The third kappa shape index (κ3) is 3.44. The van der Waals surface area contributed by atoms with E-state index in [1.165, 1.54) is 12.1 Å². The predicted molar refractivity (Wildman–Crippen MR) is 122 cm³/mol. The van der Waals surface area contributed by atoms with Crippen LogP contribution in [0.5, 0.6) is 5.75 Å². The van der Waals surface area contributed by atoms with Crippen molar-refractivity contribution >= 4 is 17.4 Å². The van der Waals surface area contributed by atoms with Crippen molar-refractivity contribution in [1.29, 1.82) is 0 Å². The van der Waals surface area contributed by atoms with E-state index in [2.05, 4.69) is 15.2 Å². The Bertz CT molecular complexity index is 1380. The van der Waals surface area contributed by atoms with Crippen LogP contribution in [0, 0.1) is 5.82 Å². The van der Waals surface area contributed by atoms with Gasteiger partial charge in [0.05, 0.1) is 17.0 Å². The molecule has 5 rings (SSSR count). The number of rotatable bonds is 1. The Morgan fingerprint density at radius 3 is 2.79 bits per heavy atom. The Hall–Kier alpha value is -3.43. The summed E-state index contributed by atoms with van der Waals surface area (Å²) < 4.78 is 23.7. The average molecular weight is 469 g/mol. The number of nitrogens with zero attached hydrogens (tertiary/aromatic N) is 5. The first kappa shape index (κ1) is 21.4. The van der Waals surface area contributed by atoms with Gasteiger partial charge in [0.2, 0.25) is 0 Å². The molecule has 0 aliphatic carbocycles. The van der Waals surface area contributed by atoms with Gasteiger partial charge >= 0.3 is 0 Å². The number of hydrogen-bond acceptors (Lipinski definition) is 6. The number of aryl methyl sites for hydroxylation is 2. The fourth-order valence-electron chi connectivity index (χ4n) is 4.31. The third-order valence-corrected chi connectivity index (χ3v) is 6.11. The van der Waals surface area contributed by atoms with Gasteiger partial charge in [-0.3, -0.25) is 9.36 Å². The highest BCUT2D eigenvalue weighted by Gasteiger charge is 2.31. The number of anilines is 1. The highest BCUT2D eigenvalue weighted by atomic mass is 35.5. The standard InChI is InChI=1S/C23H22ClFN6O2/c1-4-31-20-12-7-17(23(26)27-9-12)33-11(2)15-8-13(25)5-6-14(15)19-16(10-30(3)28-19)21(32)18(20)22(24)29-31/h5-11,21,32H,4H2,1-3H3,(H2,26,27)/t11-,21+/m1/s1. The summed E-state index contributed by atoms with van der Waals surface area (Å²) in [5.41, 5.74) is 9.96. The van der Waals surface area contributed by atoms with Gasteiger partial charge in [-0.15, -0.1) is 0 Å². The van der Waals surface area contributed by atoms with E-state index in [9.17, 15) is 9.50 Å². The summed E-state index contributed by atoms with van der Waals surface area (Å²) in [6.45, 7) is 4.24. The van der Waals surface area contributed by atoms with Crippen LogP contribution in [0.25, 0.3) is 22.5 Å². The van der Waals surface area contributed by atoms with Gasteiger partial charge in [-0.25, -0.2) is 9.37 Å². The van der Waals surface area contributed by atoms with Crippen molar-refractivity contribution in [3.63, 3.8) is 0 Å². The van der Waals surface area contributed by atoms with Crippen LogP contribution in [0.3, 0.4) is 0 Å². The topological polar surface area (TPSA) is 104 Å². The molecule has 1 aromatic carbocycles. The maximum absolute atomic E-state index is 14.3. The SMILES string of the molecule is CCn1nc(Cl)c2c1-c1cnc(N)c(c1)O[C@H](C)c1cc(F)ccc1-c1nn(C)cc1[C@@H]2O. The zero-order chi connectivity index (χ0) is 23.4. The lowest BCUT2D eigenvalue weighted by Gasteiger charge is -2.22. The maximum Gasteiger partial charge on any atom is 0.166 e. The first-order valence-electron chi connectivity index (χ1n) is 10.5. The summed E-state index contributed by atoms with van der Waals surface area (Å²) in [6.07, 6.45) is 1.58. The number of aromatic nitrogens is 5. The average Bonchev–Trinajstić information content (AvgIpc) is 3.33. The van der Waals surface area contributed by atoms with Gasteiger partial charge in [0, 0.05) is 48.2 Å². The highest BCUT2D eigenvalue weighted by Crippen LogP contribution is 2.43. The summed E-state index contributed by atoms with van der Waals surface area (Å²) in [5.74, 6) is 0.107. The van der Waals surface area contributed by atoms with E-state index >= 15 is 0 Å². The molecule has 0 radical (unpaired) electrons. The first-order valence-corrected chi connectivity index (χ1v) is 10.9. The third-order valence-electron chi connectivity index (χ3n) is 5.83. The molecule has 0 fully saturated rings. The quantitative estimate of drug-likeness (QED) is 0.432. The Kier molecular flexibility index (Phi) is 5.10. The molecule has 1 aliphatic rings. The van der Waals surface area contributed by atoms with Gasteiger partial charge in [-0.05, 0) is 38.1 Å². The van der Waals surface area contributed by atoms with Crippen LogP contribution in [-0.2, 0) is 13.6 Å². The number of aliphatic hydroxyl groups excluding tert-OH is 1. The van der Waals surface area contributed by atoms with Crippen LogP contribution in [0.2, 0.25) is 5.15 Å². The van der Waals surface area contributed by atoms with Gasteiger partial charge in [-0.1, -0.05) is 11.6 Å². The number of hydrogen-bond donors (Lipinski definition) is 2. The molecule has 3 N–H and O–H groups in total. The van der Waals surface area contributed by atoms with Crippen LogP contribution >= 0.6 is 11.6 Å². The second-order valence-corrected chi connectivity index (χ2v) is 8.34. The number of aliphatic hydroxyl groups is 1. The van der Waals surface area contributed by atoms with Crippen LogP contribution in [-0.4, -0.2) is 29.7 Å². The van der Waals surface area contributed by atoms with Gasteiger partial charge in [0.15, 0.2) is 16.7 Å². The lowest BCUT2D eigenvalue weighted by molar-refractivity contribution is 0.220. The molecule has 4 aromatic rings. The Labute approximate surface area is 194 Å². The molecule has 170 valence electrons. The van der Waals surface area contributed by atoms with Gasteiger partial charge in [0.1, 0.15) is 18.0 Å². The summed E-state index contributed by atoms with van der Waals surface area (Å²) in [7, 11) is 1.76. The van der Waals surface area contributed by atoms with Crippen molar-refractivity contribution in [3.8, 4) is 28.3 Å². The molecule has 0 amide bonds. The van der Waals surface area contributed by atoms with E-state index in [1.807, 2.05) is 6.92 Å². The van der Waals surface area contributed by atoms with Gasteiger partial charge in [-0.2, -0.15) is 10.2 Å². The van der Waals surface area contributed by atoms with Crippen molar-refractivity contribution < 1.29 is 14.2 Å². The van der Waals surface area contributed by atoms with E-state index in [-0.39, 0.29) is 11.0 Å². The molecule has 10 heteroatoms. The van der Waals surface area contributed by atoms with Crippen molar-refractivity contribution in [2.24, 2.45) is 7.05 Å². The zero-order valence-electron chi connectivity index (χ0n) is 18.3. The highest BCUT2D eigenvalue weighted by molar-refractivity contribution is 6.30. The van der Waals surface area contributed by atoms with E-state index in [0.717, 1.165) is 0 Å². The molecule has 2 atom stereocenters. The molecule has 0 unspecified atom stereocenters. The number of nitrogen functional groups attached to an aromatic ring is 1. The van der Waals surface area contributed by atoms with Crippen LogP contribution in [0.15, 0.2) is 36.7 Å². The first-order chi connectivity index (χ1) is 15.8. The fourth-order valence-corrected chi connectivity index (χ4v) is 4.60.